The maximum absolute atomic E-state index is 6.06. The number of nitrogen functional groups attached to an aromatic ring is 1. The Morgan fingerprint density at radius 1 is 1.06 bits per heavy atom. The number of nitrogens with two attached hydrogens (primary N) is 1. The lowest BCUT2D eigenvalue weighted by molar-refractivity contribution is 1.54. The van der Waals surface area contributed by atoms with E-state index < -0.39 is 0 Å². The number of allylic oxidation sites excluding steroid dienone is 1. The molecule has 1 aromatic heterocycles. The van der Waals surface area contributed by atoms with Crippen LogP contribution in [-0.2, 0) is 0 Å². The van der Waals surface area contributed by atoms with Crippen LogP contribution in [0.5, 0.6) is 0 Å². The summed E-state index contributed by atoms with van der Waals surface area (Å²) >= 11 is 0. The minimum atomic E-state index is 0.820. The van der Waals surface area contributed by atoms with Crippen LogP contribution < -0.4 is 5.73 Å². The Hall–Kier alpha value is -2.22. The van der Waals surface area contributed by atoms with Gasteiger partial charge in [-0.15, -0.1) is 0 Å². The van der Waals surface area contributed by atoms with Crippen molar-refractivity contribution in [1.29, 1.82) is 0 Å². The number of H-pyrrole nitrogens is 1. The highest BCUT2D eigenvalue weighted by Crippen LogP contribution is 2.32. The van der Waals surface area contributed by atoms with Crippen molar-refractivity contribution in [2.45, 2.75) is 6.92 Å². The lowest BCUT2D eigenvalue weighted by Crippen LogP contribution is -1.89. The number of fused-ring (bicyclic) bond motifs is 3. The minimum absolute atomic E-state index is 0.820. The number of rotatable bonds is 1. The molecular weight excluding hydrogens is 208 g/mol. The third-order valence-corrected chi connectivity index (χ3v) is 3.08. The number of hydrogen-bond donors (Lipinski definition) is 2. The number of para-hydroxylation sites is 1. The van der Waals surface area contributed by atoms with E-state index >= 15 is 0 Å². The molecule has 0 aliphatic carbocycles. The number of aromatic nitrogens is 1. The molecule has 3 rings (SSSR count). The van der Waals surface area contributed by atoms with Gasteiger partial charge in [0.2, 0.25) is 0 Å². The van der Waals surface area contributed by atoms with Gasteiger partial charge >= 0.3 is 0 Å². The first-order valence-corrected chi connectivity index (χ1v) is 5.73. The van der Waals surface area contributed by atoms with Crippen molar-refractivity contribution >= 4 is 33.6 Å². The van der Waals surface area contributed by atoms with Crippen molar-refractivity contribution in [2.24, 2.45) is 0 Å². The Bertz CT molecular complexity index is 720. The Balaban J connectivity index is 2.55. The minimum Gasteiger partial charge on any atom is -0.398 e. The molecule has 0 bridgehead atoms. The molecule has 1 heterocycles. The third kappa shape index (κ3) is 1.41. The van der Waals surface area contributed by atoms with Crippen LogP contribution in [0, 0.1) is 0 Å². The van der Waals surface area contributed by atoms with Gasteiger partial charge in [-0.25, -0.2) is 0 Å². The monoisotopic (exact) mass is 222 g/mol. The third-order valence-electron chi connectivity index (χ3n) is 3.08. The second kappa shape index (κ2) is 3.67. The number of anilines is 1. The highest BCUT2D eigenvalue weighted by Gasteiger charge is 2.08. The summed E-state index contributed by atoms with van der Waals surface area (Å²) in [6.45, 7) is 2.01. The van der Waals surface area contributed by atoms with Crippen molar-refractivity contribution < 1.29 is 0 Å². The molecule has 0 saturated heterocycles. The molecule has 0 unspecified atom stereocenters. The quantitative estimate of drug-likeness (QED) is 0.602. The van der Waals surface area contributed by atoms with Crippen molar-refractivity contribution in [2.75, 3.05) is 5.73 Å². The van der Waals surface area contributed by atoms with Crippen LogP contribution in [0.1, 0.15) is 12.5 Å². The van der Waals surface area contributed by atoms with Crippen molar-refractivity contribution in [3.8, 4) is 0 Å². The SMILES string of the molecule is C/C=C\c1c(N)ccc2[nH]c3ccccc3c12. The summed E-state index contributed by atoms with van der Waals surface area (Å²) in [6, 6.07) is 12.3. The topological polar surface area (TPSA) is 41.8 Å². The first kappa shape index (κ1) is 9.97. The van der Waals surface area contributed by atoms with Gasteiger partial charge in [0.1, 0.15) is 0 Å². The molecule has 0 amide bonds. The summed E-state index contributed by atoms with van der Waals surface area (Å²) in [4.78, 5) is 3.41. The summed E-state index contributed by atoms with van der Waals surface area (Å²) < 4.78 is 0. The standard InChI is InChI=1S/C15H14N2/c1-2-5-10-12(16)8-9-14-15(10)11-6-3-4-7-13(11)17-14/h2-9,17H,16H2,1H3/b5-2-. The van der Waals surface area contributed by atoms with Crippen LogP contribution in [0.25, 0.3) is 27.9 Å². The first-order valence-electron chi connectivity index (χ1n) is 5.73. The molecule has 0 atom stereocenters. The Kier molecular flexibility index (Phi) is 2.15. The van der Waals surface area contributed by atoms with Crippen molar-refractivity contribution in [3.05, 3.63) is 48.0 Å². The van der Waals surface area contributed by atoms with Crippen LogP contribution in [0.3, 0.4) is 0 Å². The fourth-order valence-corrected chi connectivity index (χ4v) is 2.33. The highest BCUT2D eigenvalue weighted by molar-refractivity contribution is 6.12. The van der Waals surface area contributed by atoms with E-state index in [0.717, 1.165) is 22.3 Å². The molecule has 0 fully saturated rings. The average molecular weight is 222 g/mol. The van der Waals surface area contributed by atoms with E-state index in [1.807, 2.05) is 31.2 Å². The van der Waals surface area contributed by atoms with Gasteiger partial charge in [-0.2, -0.15) is 0 Å². The van der Waals surface area contributed by atoms with Crippen molar-refractivity contribution in [3.63, 3.8) is 0 Å². The predicted molar refractivity (Wildman–Crippen MR) is 74.9 cm³/mol. The largest absolute Gasteiger partial charge is 0.398 e. The number of aromatic amines is 1. The van der Waals surface area contributed by atoms with E-state index in [2.05, 4.69) is 29.3 Å². The number of hydrogen-bond acceptors (Lipinski definition) is 1. The molecule has 84 valence electrons. The van der Waals surface area contributed by atoms with Gasteiger partial charge in [0.25, 0.3) is 0 Å². The molecule has 0 spiro atoms. The van der Waals surface area contributed by atoms with Crippen LogP contribution in [0.15, 0.2) is 42.5 Å². The summed E-state index contributed by atoms with van der Waals surface area (Å²) in [7, 11) is 0. The Morgan fingerprint density at radius 3 is 2.71 bits per heavy atom. The first-order chi connectivity index (χ1) is 8.31. The summed E-state index contributed by atoms with van der Waals surface area (Å²) in [5.41, 5.74) is 10.3. The van der Waals surface area contributed by atoms with Gasteiger partial charge in [0.15, 0.2) is 0 Å². The maximum atomic E-state index is 6.06. The Labute approximate surface area is 99.7 Å². The molecule has 0 radical (unpaired) electrons. The normalized spacial score (nSPS) is 11.8. The predicted octanol–water partition coefficient (Wildman–Crippen LogP) is 3.94. The zero-order valence-corrected chi connectivity index (χ0v) is 9.70. The molecule has 17 heavy (non-hydrogen) atoms. The van der Waals surface area contributed by atoms with Crippen molar-refractivity contribution in [1.82, 2.24) is 4.98 Å². The Morgan fingerprint density at radius 2 is 1.88 bits per heavy atom. The molecule has 0 saturated carbocycles. The molecular formula is C15H14N2. The second-order valence-corrected chi connectivity index (χ2v) is 4.16. The van der Waals surface area contributed by atoms with E-state index in [-0.39, 0.29) is 0 Å². The molecule has 3 N–H and O–H groups in total. The van der Waals surface area contributed by atoms with Gasteiger partial charge in [0, 0.05) is 33.1 Å². The molecule has 2 aromatic carbocycles. The van der Waals surface area contributed by atoms with Gasteiger partial charge < -0.3 is 10.7 Å². The van der Waals surface area contributed by atoms with E-state index in [0.29, 0.717) is 0 Å². The highest BCUT2D eigenvalue weighted by atomic mass is 14.7. The average Bonchev–Trinajstić information content (AvgIpc) is 2.72. The van der Waals surface area contributed by atoms with E-state index in [1.54, 1.807) is 0 Å². The van der Waals surface area contributed by atoms with Crippen LogP contribution in [-0.4, -0.2) is 4.98 Å². The molecule has 2 nitrogen and oxygen atoms in total. The van der Waals surface area contributed by atoms with E-state index in [9.17, 15) is 0 Å². The fourth-order valence-electron chi connectivity index (χ4n) is 2.33. The fraction of sp³-hybridized carbons (Fsp3) is 0.0667. The molecule has 0 aliphatic heterocycles. The smallest absolute Gasteiger partial charge is 0.0472 e. The van der Waals surface area contributed by atoms with Gasteiger partial charge in [0.05, 0.1) is 0 Å². The number of benzene rings is 2. The van der Waals surface area contributed by atoms with E-state index in [1.165, 1.54) is 10.8 Å². The van der Waals surface area contributed by atoms with Gasteiger partial charge in [-0.3, -0.25) is 0 Å². The molecule has 3 aromatic rings. The summed E-state index contributed by atoms with van der Waals surface area (Å²) in [6.07, 6.45) is 4.09. The summed E-state index contributed by atoms with van der Waals surface area (Å²) in [5, 5.41) is 2.43. The zero-order valence-electron chi connectivity index (χ0n) is 9.70. The molecule has 0 aliphatic rings. The molecule has 2 heteroatoms. The van der Waals surface area contributed by atoms with Crippen LogP contribution in [0.2, 0.25) is 0 Å². The van der Waals surface area contributed by atoms with E-state index in [4.69, 9.17) is 5.73 Å². The lowest BCUT2D eigenvalue weighted by atomic mass is 10.0. The summed E-state index contributed by atoms with van der Waals surface area (Å²) in [5.74, 6) is 0. The second-order valence-electron chi connectivity index (χ2n) is 4.16. The van der Waals surface area contributed by atoms with Crippen LogP contribution >= 0.6 is 0 Å². The van der Waals surface area contributed by atoms with Crippen LogP contribution in [0.4, 0.5) is 5.69 Å². The van der Waals surface area contributed by atoms with Gasteiger partial charge in [-0.1, -0.05) is 30.4 Å². The van der Waals surface area contributed by atoms with Gasteiger partial charge in [-0.05, 0) is 25.1 Å². The lowest BCUT2D eigenvalue weighted by Gasteiger charge is -2.02. The zero-order chi connectivity index (χ0) is 11.8. The maximum Gasteiger partial charge on any atom is 0.0472 e. The number of nitrogens with one attached hydrogen (secondary N) is 1.